The summed E-state index contributed by atoms with van der Waals surface area (Å²) in [6.45, 7) is -3.02. The first kappa shape index (κ1) is 77.4. The highest BCUT2D eigenvalue weighted by atomic mass is 28.6. The maximum absolute atomic E-state index is 14.5. The minimum atomic E-state index is -5.53. The van der Waals surface area contributed by atoms with E-state index in [-0.39, 0.29) is 98.9 Å². The molecule has 6 fully saturated rings. The van der Waals surface area contributed by atoms with Crippen LogP contribution < -0.4 is 0 Å². The van der Waals surface area contributed by atoms with Crippen molar-refractivity contribution in [3.8, 4) is 0 Å². The van der Waals surface area contributed by atoms with Gasteiger partial charge in [-0.15, -0.1) is 0 Å². The predicted molar refractivity (Wildman–Crippen MR) is 362 cm³/mol. The minimum Gasteiger partial charge on any atom is -0.466 e. The van der Waals surface area contributed by atoms with Gasteiger partial charge >= 0.3 is 118 Å². The zero-order chi connectivity index (χ0) is 75.0. The van der Waals surface area contributed by atoms with Gasteiger partial charge in [0, 0.05) is 99.7 Å². The van der Waals surface area contributed by atoms with E-state index in [0.29, 0.717) is 0 Å². The molecule has 0 spiro atoms. The maximum Gasteiger partial charge on any atom is 0.479 e. The Hall–Kier alpha value is -8.74. The molecule has 0 saturated carbocycles. The lowest BCUT2D eigenvalue weighted by atomic mass is 10.4. The highest BCUT2D eigenvalue weighted by molar-refractivity contribution is 7.03. The molecule has 108 heavy (non-hydrogen) atoms. The van der Waals surface area contributed by atoms with E-state index >= 15 is 0 Å². The fourth-order valence-corrected chi connectivity index (χ4v) is 61.2. The average molecular weight is 1640 g/mol. The van der Waals surface area contributed by atoms with Crippen LogP contribution in [0.15, 0.2) is 183 Å². The summed E-state index contributed by atoms with van der Waals surface area (Å²) in [5, 5.41) is 0. The molecule has 0 atom stereocenters. The predicted octanol–water partition coefficient (Wildman–Crippen LogP) is 9.58. The molecule has 0 amide bonds. The summed E-state index contributed by atoms with van der Waals surface area (Å²) in [6, 6.07) is 19.5. The molecule has 8 bridgehead atoms. The summed E-state index contributed by atoms with van der Waals surface area (Å²) >= 11 is 0. The van der Waals surface area contributed by atoms with Crippen molar-refractivity contribution in [1.29, 1.82) is 0 Å². The van der Waals surface area contributed by atoms with Crippen LogP contribution >= 0.6 is 0 Å². The molecule has 44 heteroatoms. The Morgan fingerprint density at radius 3 is 0.398 bits per heavy atom. The quantitative estimate of drug-likeness (QED) is 0.0196. The van der Waals surface area contributed by atoms with Gasteiger partial charge in [0.25, 0.3) is 0 Å². The van der Waals surface area contributed by atoms with Gasteiger partial charge in [-0.25, -0.2) is 0 Å². The molecule has 0 aliphatic carbocycles. The molecule has 0 N–H and O–H groups in total. The molecule has 36 nitrogen and oxygen atoms in total. The normalized spacial score (nSPS) is 25.3. The molecule has 576 valence electrons. The fourth-order valence-electron chi connectivity index (χ4n) is 11.6. The van der Waals surface area contributed by atoms with E-state index in [1.54, 1.807) is 97.1 Å². The number of carbonyl (C=O) groups excluding carboxylic acids is 8. The van der Waals surface area contributed by atoms with Crippen LogP contribution in [-0.4, -0.2) is 118 Å². The number of esters is 8. The molecule has 14 rings (SSSR count). The Balaban J connectivity index is 1.01. The van der Waals surface area contributed by atoms with Crippen LogP contribution in [0.2, 0.25) is 48.4 Å². The van der Waals surface area contributed by atoms with Gasteiger partial charge < -0.3 is 123 Å². The Kier molecular flexibility index (Phi) is 25.0. The van der Waals surface area contributed by atoms with E-state index in [0.717, 1.165) is 0 Å². The van der Waals surface area contributed by atoms with Crippen LogP contribution in [0.5, 0.6) is 0 Å². The lowest BCUT2D eigenvalue weighted by Crippen LogP contribution is -2.88. The van der Waals surface area contributed by atoms with E-state index in [9.17, 15) is 38.4 Å². The lowest BCUT2D eigenvalue weighted by Gasteiger charge is -2.63. The van der Waals surface area contributed by atoms with Gasteiger partial charge in [0.2, 0.25) is 0 Å². The van der Waals surface area contributed by atoms with Gasteiger partial charge in [0.05, 0.1) is 50.1 Å². The van der Waals surface area contributed by atoms with Gasteiger partial charge in [0.1, 0.15) is 98.9 Å². The minimum absolute atomic E-state index is 0.248. The first-order valence-corrected chi connectivity index (χ1v) is 49.6. The topological polar surface area (TPSA) is 426 Å². The monoisotopic (exact) mass is 1640 g/mol. The first-order valence-electron chi connectivity index (χ1n) is 34.1. The van der Waals surface area contributed by atoms with Gasteiger partial charge in [0.15, 0.2) is 0 Å². The number of hydrogen-bond donors (Lipinski definition) is 0. The summed E-state index contributed by atoms with van der Waals surface area (Å²) in [6.07, 6.45) is 5.43. The van der Waals surface area contributed by atoms with Gasteiger partial charge in [-0.1, -0.05) is 0 Å². The van der Waals surface area contributed by atoms with Gasteiger partial charge in [-0.2, -0.15) is 0 Å². The molecule has 0 radical (unpaired) electrons. The van der Waals surface area contributed by atoms with Crippen molar-refractivity contribution in [2.75, 3.05) is 0 Å². The SMILES string of the molecule is O=C(CC[Si]12O[Si]3(CCC(=O)OCc4ccco4)O[Si]4(CCC(=O)OCc5ccco5)O[Si](CCC(=O)OCc5ccco5)(O1)O[Si]1(CCC(=O)OCc5ccco5)O[Si](CCC(=O)OCc5ccco5)(O2)O[Si](CCC(=O)OCc2ccco2)(O3)O[Si](CCC(=O)OCc2ccco2)(O4)O1)OCc1ccco1. The molecule has 6 aliphatic rings. The number of ether oxygens (including phenoxy) is 8. The number of rotatable bonds is 40. The standard InChI is InChI=1S/C64H72O36Si8/c65-57(81-41-49-9-1-25-73-49)17-33-101-89-102(34-18-58(66)82-42-50-10-2-26-74-50)92-105(37-21-61(69)85-45-53-13-5-29-77-53)94-103(90-101,35-19-59(67)83-43-51-11-3-27-75-51)96-107(39-23-63(71)87-47-55-15-7-31-79-55)97-104(91-101,36-20-60(68)84-44-52-12-4-28-76-52)95-106(93-102,38-22-62(70)86-46-54-14-6-30-78-54)99-108(98-105,100-107)40-24-64(72)88-48-56-16-8-32-80-56/h1-16,25-32H,17-24,33-48H2. The van der Waals surface area contributed by atoms with Crippen LogP contribution in [-0.2, 0) is 178 Å². The van der Waals surface area contributed by atoms with Crippen LogP contribution in [0, 0.1) is 0 Å². The van der Waals surface area contributed by atoms with Crippen LogP contribution in [0.4, 0.5) is 0 Å². The van der Waals surface area contributed by atoms with Gasteiger partial charge in [-0.05, 0) is 97.1 Å². The highest BCUT2D eigenvalue weighted by Gasteiger charge is 2.83. The van der Waals surface area contributed by atoms with E-state index in [2.05, 4.69) is 0 Å². The summed E-state index contributed by atoms with van der Waals surface area (Å²) in [4.78, 5) is 116. The van der Waals surface area contributed by atoms with E-state index < -0.39 is 218 Å². The zero-order valence-electron chi connectivity index (χ0n) is 57.5. The number of furan rings is 8. The maximum atomic E-state index is 14.5. The Morgan fingerprint density at radius 2 is 0.306 bits per heavy atom. The summed E-state index contributed by atoms with van der Waals surface area (Å²) in [5.74, 6) is -5.40. The second kappa shape index (κ2) is 34.9. The molecule has 0 unspecified atom stereocenters. The third-order valence-corrected chi connectivity index (χ3v) is 53.2. The van der Waals surface area contributed by atoms with Crippen molar-refractivity contribution in [2.45, 2.75) is 153 Å². The molecule has 6 aliphatic heterocycles. The fraction of sp³-hybridized carbons (Fsp3) is 0.375. The Bertz CT molecular complexity index is 3350. The van der Waals surface area contributed by atoms with Crippen molar-refractivity contribution >= 4 is 118 Å². The van der Waals surface area contributed by atoms with E-state index in [1.165, 1.54) is 50.1 Å². The molecule has 0 aromatic carbocycles. The molecule has 6 saturated heterocycles. The summed E-state index contributed by atoms with van der Waals surface area (Å²) in [5.41, 5.74) is 0. The van der Waals surface area contributed by atoms with E-state index in [4.69, 9.17) is 123 Å². The first-order chi connectivity index (χ1) is 52.3. The summed E-state index contributed by atoms with van der Waals surface area (Å²) < 4.78 is 182. The summed E-state index contributed by atoms with van der Waals surface area (Å²) in [7, 11) is -44.2. The zero-order valence-corrected chi connectivity index (χ0v) is 65.5. The van der Waals surface area contributed by atoms with Crippen molar-refractivity contribution in [2.24, 2.45) is 0 Å². The average Bonchev–Trinajstić information content (AvgIpc) is 0.783. The van der Waals surface area contributed by atoms with Crippen molar-refractivity contribution in [1.82, 2.24) is 0 Å². The van der Waals surface area contributed by atoms with Gasteiger partial charge in [-0.3, -0.25) is 38.4 Å². The van der Waals surface area contributed by atoms with E-state index in [1.807, 2.05) is 0 Å². The largest absolute Gasteiger partial charge is 0.479 e. The number of hydrogen-bond acceptors (Lipinski definition) is 36. The highest BCUT2D eigenvalue weighted by Crippen LogP contribution is 2.55. The third-order valence-electron chi connectivity index (χ3n) is 16.5. The molecule has 14 heterocycles. The Morgan fingerprint density at radius 1 is 0.194 bits per heavy atom. The third kappa shape index (κ3) is 21.0. The van der Waals surface area contributed by atoms with Crippen LogP contribution in [0.3, 0.4) is 0 Å². The second-order valence-electron chi connectivity index (χ2n) is 24.6. The molecule has 8 aromatic rings. The molecular weight excluding hydrogens is 1570 g/mol. The number of carbonyl (C=O) groups is 8. The second-order valence-corrected chi connectivity index (χ2v) is 49.3. The Labute approximate surface area is 621 Å². The van der Waals surface area contributed by atoms with Crippen molar-refractivity contribution < 1.29 is 161 Å². The smallest absolute Gasteiger partial charge is 0.466 e. The molecule has 8 aromatic heterocycles. The van der Waals surface area contributed by atoms with Crippen molar-refractivity contribution in [3.63, 3.8) is 0 Å². The van der Waals surface area contributed by atoms with Crippen LogP contribution in [0.25, 0.3) is 0 Å². The van der Waals surface area contributed by atoms with Crippen LogP contribution in [0.1, 0.15) is 97.4 Å². The van der Waals surface area contributed by atoms with Crippen molar-refractivity contribution in [3.05, 3.63) is 193 Å². The lowest BCUT2D eigenvalue weighted by molar-refractivity contribution is -0.146. The molecular formula is C64H72O36Si8.